The average molecular weight is 465 g/mol. The molecule has 2 aromatic rings. The van der Waals surface area contributed by atoms with Crippen molar-refractivity contribution in [1.82, 2.24) is 4.90 Å². The number of hydrogen-bond acceptors (Lipinski definition) is 6. The van der Waals surface area contributed by atoms with E-state index >= 15 is 0 Å². The predicted molar refractivity (Wildman–Crippen MR) is 120 cm³/mol. The Bertz CT molecular complexity index is 1070. The Morgan fingerprint density at radius 1 is 1.06 bits per heavy atom. The van der Waals surface area contributed by atoms with Gasteiger partial charge in [0.15, 0.2) is 9.84 Å². The summed E-state index contributed by atoms with van der Waals surface area (Å²) in [5.41, 5.74) is 1.55. The lowest BCUT2D eigenvalue weighted by molar-refractivity contribution is -0.123. The molecule has 0 N–H and O–H groups in total. The molecule has 2 fully saturated rings. The van der Waals surface area contributed by atoms with Crippen molar-refractivity contribution < 1.29 is 22.7 Å². The Hall–Kier alpha value is -2.29. The Labute approximate surface area is 187 Å². The number of sulfone groups is 1. The lowest BCUT2D eigenvalue weighted by atomic mass is 10.0. The smallest absolute Gasteiger partial charge is 0.241 e. The minimum Gasteiger partial charge on any atom is -0.497 e. The fourth-order valence-electron chi connectivity index (χ4n) is 4.22. The Kier molecular flexibility index (Phi) is 6.14. The van der Waals surface area contributed by atoms with Gasteiger partial charge in [0, 0.05) is 23.3 Å². The quantitative estimate of drug-likeness (QED) is 0.654. The summed E-state index contributed by atoms with van der Waals surface area (Å²) in [6.07, 6.45) is 0. The van der Waals surface area contributed by atoms with Gasteiger partial charge in [-0.15, -0.1) is 0 Å². The number of benzene rings is 2. The second-order valence-electron chi connectivity index (χ2n) is 7.90. The molecule has 0 aliphatic carbocycles. The van der Waals surface area contributed by atoms with Crippen molar-refractivity contribution in [2.75, 3.05) is 43.2 Å². The van der Waals surface area contributed by atoms with E-state index in [0.29, 0.717) is 29.6 Å². The van der Waals surface area contributed by atoms with Gasteiger partial charge in [-0.1, -0.05) is 17.7 Å². The molecule has 9 heteroatoms. The first kappa shape index (κ1) is 21.9. The first-order valence-electron chi connectivity index (χ1n) is 10.1. The summed E-state index contributed by atoms with van der Waals surface area (Å²) in [4.78, 5) is 16.6. The van der Waals surface area contributed by atoms with Gasteiger partial charge >= 0.3 is 0 Å². The van der Waals surface area contributed by atoms with Crippen LogP contribution in [0.4, 0.5) is 5.69 Å². The third kappa shape index (κ3) is 4.66. The van der Waals surface area contributed by atoms with Gasteiger partial charge in [-0.05, 0) is 48.9 Å². The van der Waals surface area contributed by atoms with Crippen LogP contribution in [0.1, 0.15) is 5.56 Å². The summed E-state index contributed by atoms with van der Waals surface area (Å²) in [5.74, 6) is 1.27. The summed E-state index contributed by atoms with van der Waals surface area (Å²) in [5, 5.41) is 0.554. The number of halogens is 1. The predicted octanol–water partition coefficient (Wildman–Crippen LogP) is 2.55. The molecule has 4 rings (SSSR count). The van der Waals surface area contributed by atoms with Gasteiger partial charge < -0.3 is 14.4 Å². The van der Waals surface area contributed by atoms with Crippen LogP contribution in [0.15, 0.2) is 42.5 Å². The van der Waals surface area contributed by atoms with E-state index in [1.165, 1.54) is 0 Å². The van der Waals surface area contributed by atoms with E-state index < -0.39 is 15.9 Å². The second-order valence-corrected chi connectivity index (χ2v) is 10.5. The zero-order chi connectivity index (χ0) is 22.2. The van der Waals surface area contributed by atoms with E-state index in [4.69, 9.17) is 21.1 Å². The van der Waals surface area contributed by atoms with E-state index in [0.717, 1.165) is 11.3 Å². The number of anilines is 1. The van der Waals surface area contributed by atoms with Crippen molar-refractivity contribution in [2.45, 2.75) is 19.0 Å². The molecule has 0 saturated carbocycles. The van der Waals surface area contributed by atoms with Gasteiger partial charge in [0.25, 0.3) is 0 Å². The van der Waals surface area contributed by atoms with Gasteiger partial charge in [0.05, 0.1) is 31.2 Å². The van der Waals surface area contributed by atoms with Crippen molar-refractivity contribution >= 4 is 33.0 Å². The molecule has 1 amide bonds. The number of amides is 1. The number of piperazine rings is 1. The number of methoxy groups -OCH3 is 1. The maximum absolute atomic E-state index is 13.1. The van der Waals surface area contributed by atoms with Crippen LogP contribution in [0.5, 0.6) is 11.5 Å². The lowest BCUT2D eigenvalue weighted by Gasteiger charge is -2.43. The van der Waals surface area contributed by atoms with E-state index in [9.17, 15) is 13.2 Å². The molecule has 166 valence electrons. The van der Waals surface area contributed by atoms with Crippen molar-refractivity contribution in [3.05, 3.63) is 53.1 Å². The number of nitrogens with zero attached hydrogens (tertiary/aromatic N) is 2. The third-order valence-corrected chi connectivity index (χ3v) is 7.95. The number of rotatable bonds is 6. The molecular weight excluding hydrogens is 440 g/mol. The van der Waals surface area contributed by atoms with Crippen LogP contribution < -0.4 is 14.4 Å². The Balaban J connectivity index is 1.49. The van der Waals surface area contributed by atoms with Crippen LogP contribution in [0.2, 0.25) is 5.02 Å². The lowest BCUT2D eigenvalue weighted by Crippen LogP contribution is -2.62. The van der Waals surface area contributed by atoms with Crippen molar-refractivity contribution in [3.63, 3.8) is 0 Å². The number of fused-ring (bicyclic) bond motifs is 1. The van der Waals surface area contributed by atoms with E-state index in [1.54, 1.807) is 18.1 Å². The number of carbonyl (C=O) groups is 1. The minimum absolute atomic E-state index is 0.0313. The zero-order valence-electron chi connectivity index (χ0n) is 17.5. The number of hydrogen-bond donors (Lipinski definition) is 0. The highest BCUT2D eigenvalue weighted by molar-refractivity contribution is 7.91. The first-order valence-corrected chi connectivity index (χ1v) is 12.3. The molecule has 2 aliphatic rings. The molecule has 0 radical (unpaired) electrons. The second kappa shape index (κ2) is 8.68. The van der Waals surface area contributed by atoms with Gasteiger partial charge in [-0.2, -0.15) is 0 Å². The van der Waals surface area contributed by atoms with Crippen molar-refractivity contribution in [2.24, 2.45) is 0 Å². The zero-order valence-corrected chi connectivity index (χ0v) is 19.0. The summed E-state index contributed by atoms with van der Waals surface area (Å²) in [6.45, 7) is 2.82. The Morgan fingerprint density at radius 2 is 1.74 bits per heavy atom. The molecule has 0 unspecified atom stereocenters. The highest BCUT2D eigenvalue weighted by atomic mass is 35.5. The summed E-state index contributed by atoms with van der Waals surface area (Å²) >= 11 is 6.26. The molecule has 0 spiro atoms. The summed E-state index contributed by atoms with van der Waals surface area (Å²) < 4.78 is 35.9. The molecule has 0 bridgehead atoms. The van der Waals surface area contributed by atoms with Gasteiger partial charge in [0.2, 0.25) is 5.91 Å². The maximum atomic E-state index is 13.1. The van der Waals surface area contributed by atoms with Crippen LogP contribution in [0.25, 0.3) is 0 Å². The number of carbonyl (C=O) groups excluding carboxylic acids is 1. The molecule has 7 nitrogen and oxygen atoms in total. The van der Waals surface area contributed by atoms with Crippen LogP contribution in [0.3, 0.4) is 0 Å². The molecule has 31 heavy (non-hydrogen) atoms. The SMILES string of the molecule is COc1ccc(OCCN2CC(=O)N(c3ccc(C)c(Cl)c3)[C@@H]3CS(=O)(=O)C[C@@H]32)cc1. The van der Waals surface area contributed by atoms with Crippen molar-refractivity contribution in [1.29, 1.82) is 0 Å². The summed E-state index contributed by atoms with van der Waals surface area (Å²) in [6, 6.07) is 11.9. The van der Waals surface area contributed by atoms with Crippen LogP contribution in [0, 0.1) is 6.92 Å². The third-order valence-electron chi connectivity index (χ3n) is 5.84. The highest BCUT2D eigenvalue weighted by Gasteiger charge is 2.49. The van der Waals surface area contributed by atoms with Crippen LogP contribution >= 0.6 is 11.6 Å². The molecule has 2 heterocycles. The minimum atomic E-state index is -3.25. The topological polar surface area (TPSA) is 76.2 Å². The van der Waals surface area contributed by atoms with E-state index in [-0.39, 0.29) is 30.0 Å². The molecular formula is C22H25ClN2O5S. The number of aryl methyl sites for hydroxylation is 1. The van der Waals surface area contributed by atoms with Crippen LogP contribution in [-0.4, -0.2) is 69.6 Å². The number of ether oxygens (including phenoxy) is 2. The fraction of sp³-hybridized carbons (Fsp3) is 0.409. The average Bonchev–Trinajstić information content (AvgIpc) is 3.06. The fourth-order valence-corrected chi connectivity index (χ4v) is 6.38. The van der Waals surface area contributed by atoms with Crippen LogP contribution in [-0.2, 0) is 14.6 Å². The first-order chi connectivity index (χ1) is 14.8. The van der Waals surface area contributed by atoms with Gasteiger partial charge in [-0.3, -0.25) is 9.69 Å². The highest BCUT2D eigenvalue weighted by Crippen LogP contribution is 2.33. The normalized spacial score (nSPS) is 22.9. The van der Waals surface area contributed by atoms with Gasteiger partial charge in [-0.25, -0.2) is 8.42 Å². The standard InChI is InChI=1S/C22H25ClN2O5S/c1-15-3-4-16(11-19(15)23)25-21-14-31(27,28)13-20(21)24(12-22(25)26)9-10-30-18-7-5-17(29-2)6-8-18/h3-8,11,20-21H,9-10,12-14H2,1-2H3/t20-,21+/m0/s1. The van der Waals surface area contributed by atoms with E-state index in [2.05, 4.69) is 0 Å². The van der Waals surface area contributed by atoms with E-state index in [1.807, 2.05) is 48.2 Å². The van der Waals surface area contributed by atoms with Gasteiger partial charge in [0.1, 0.15) is 18.1 Å². The largest absolute Gasteiger partial charge is 0.497 e. The Morgan fingerprint density at radius 3 is 2.42 bits per heavy atom. The molecule has 2 atom stereocenters. The molecule has 0 aromatic heterocycles. The van der Waals surface area contributed by atoms with Crippen molar-refractivity contribution in [3.8, 4) is 11.5 Å². The maximum Gasteiger partial charge on any atom is 0.241 e. The molecule has 2 saturated heterocycles. The molecule has 2 aromatic carbocycles. The summed E-state index contributed by atoms with van der Waals surface area (Å²) in [7, 11) is -1.65. The monoisotopic (exact) mass is 464 g/mol. The molecule has 2 aliphatic heterocycles.